The van der Waals surface area contributed by atoms with E-state index in [2.05, 4.69) is 0 Å². The van der Waals surface area contributed by atoms with E-state index in [1.807, 2.05) is 0 Å². The number of fused-ring (bicyclic) bond motifs is 2. The maximum atomic E-state index is 13.4. The van der Waals surface area contributed by atoms with Crippen LogP contribution in [-0.2, 0) is 6.54 Å². The molecule has 2 aromatic carbocycles. The highest BCUT2D eigenvalue weighted by atomic mass is 35.5. The van der Waals surface area contributed by atoms with Crippen molar-refractivity contribution in [3.8, 4) is 0 Å². The van der Waals surface area contributed by atoms with Crippen LogP contribution in [0.15, 0.2) is 74.5 Å². The summed E-state index contributed by atoms with van der Waals surface area (Å²) in [7, 11) is 0. The quantitative estimate of drug-likeness (QED) is 0.339. The van der Waals surface area contributed by atoms with Crippen molar-refractivity contribution in [2.24, 2.45) is 0 Å². The number of benzene rings is 2. The van der Waals surface area contributed by atoms with E-state index in [-0.39, 0.29) is 34.5 Å². The van der Waals surface area contributed by atoms with Crippen LogP contribution < -0.4 is 5.43 Å². The summed E-state index contributed by atoms with van der Waals surface area (Å²) in [5.74, 6) is -0.101. The zero-order valence-corrected chi connectivity index (χ0v) is 16.5. The second-order valence-corrected chi connectivity index (χ2v) is 7.52. The van der Waals surface area contributed by atoms with E-state index in [0.717, 1.165) is 0 Å². The minimum absolute atomic E-state index is 0.0555. The first-order chi connectivity index (χ1) is 14.9. The maximum absolute atomic E-state index is 13.4. The summed E-state index contributed by atoms with van der Waals surface area (Å²) in [5, 5.41) is 11.9. The lowest BCUT2D eigenvalue weighted by atomic mass is 9.98. The first-order valence-corrected chi connectivity index (χ1v) is 9.66. The fourth-order valence-electron chi connectivity index (χ4n) is 3.88. The van der Waals surface area contributed by atoms with Gasteiger partial charge in [0.2, 0.25) is 5.76 Å². The standard InChI is InChI=1S/C22H13ClN2O6/c23-13-6-7-17-16(10-13)20(26)18-19(12-3-1-4-14(9-12)25(28)29)24(22(27)21(18)31-17)11-15-5-2-8-30-15/h1-10,19H,11H2/t19-/m0/s1. The molecule has 0 spiro atoms. The van der Waals surface area contributed by atoms with Crippen LogP contribution in [0.2, 0.25) is 5.02 Å². The number of hydrogen-bond acceptors (Lipinski definition) is 6. The van der Waals surface area contributed by atoms with Crippen molar-refractivity contribution in [3.63, 3.8) is 0 Å². The fourth-order valence-corrected chi connectivity index (χ4v) is 4.05. The average molecular weight is 437 g/mol. The number of furan rings is 1. The molecule has 1 aliphatic rings. The molecule has 0 unspecified atom stereocenters. The Hall–Kier alpha value is -3.91. The Labute approximate surface area is 179 Å². The highest BCUT2D eigenvalue weighted by molar-refractivity contribution is 6.31. The molecule has 1 aliphatic heterocycles. The van der Waals surface area contributed by atoms with Crippen molar-refractivity contribution in [2.75, 3.05) is 0 Å². The monoisotopic (exact) mass is 436 g/mol. The van der Waals surface area contributed by atoms with Crippen molar-refractivity contribution in [1.29, 1.82) is 0 Å². The third-order valence-electron chi connectivity index (χ3n) is 5.23. The molecular weight excluding hydrogens is 424 g/mol. The van der Waals surface area contributed by atoms with Crippen LogP contribution in [0.3, 0.4) is 0 Å². The average Bonchev–Trinajstić information content (AvgIpc) is 3.36. The Morgan fingerprint density at radius 1 is 1.10 bits per heavy atom. The molecule has 5 rings (SSSR count). The molecule has 9 heteroatoms. The van der Waals surface area contributed by atoms with Crippen LogP contribution in [0.5, 0.6) is 0 Å². The van der Waals surface area contributed by atoms with Crippen molar-refractivity contribution in [2.45, 2.75) is 12.6 Å². The summed E-state index contributed by atoms with van der Waals surface area (Å²) in [4.78, 5) is 38.9. The van der Waals surface area contributed by atoms with E-state index in [9.17, 15) is 19.7 Å². The van der Waals surface area contributed by atoms with Gasteiger partial charge in [0, 0.05) is 17.2 Å². The number of nitrogens with zero attached hydrogens (tertiary/aromatic N) is 2. The number of amides is 1. The molecule has 0 saturated carbocycles. The lowest BCUT2D eigenvalue weighted by Gasteiger charge is -2.24. The van der Waals surface area contributed by atoms with Gasteiger partial charge in [-0.2, -0.15) is 0 Å². The highest BCUT2D eigenvalue weighted by Gasteiger charge is 2.43. The van der Waals surface area contributed by atoms with E-state index in [1.165, 1.54) is 41.5 Å². The van der Waals surface area contributed by atoms with Gasteiger partial charge >= 0.3 is 0 Å². The summed E-state index contributed by atoms with van der Waals surface area (Å²) < 4.78 is 11.2. The van der Waals surface area contributed by atoms with Crippen LogP contribution in [0, 0.1) is 10.1 Å². The molecule has 0 N–H and O–H groups in total. The second-order valence-electron chi connectivity index (χ2n) is 7.08. The molecule has 4 aromatic rings. The molecule has 1 atom stereocenters. The third kappa shape index (κ3) is 3.08. The van der Waals surface area contributed by atoms with Gasteiger partial charge in [0.25, 0.3) is 11.6 Å². The lowest BCUT2D eigenvalue weighted by molar-refractivity contribution is -0.384. The molecule has 3 heterocycles. The third-order valence-corrected chi connectivity index (χ3v) is 5.47. The summed E-state index contributed by atoms with van der Waals surface area (Å²) in [5.41, 5.74) is 0.211. The van der Waals surface area contributed by atoms with Gasteiger partial charge in [0.05, 0.1) is 34.7 Å². The fraction of sp³-hybridized carbons (Fsp3) is 0.0909. The maximum Gasteiger partial charge on any atom is 0.291 e. The van der Waals surface area contributed by atoms with Gasteiger partial charge in [-0.25, -0.2) is 0 Å². The van der Waals surface area contributed by atoms with Crippen molar-refractivity contribution in [3.05, 3.63) is 109 Å². The highest BCUT2D eigenvalue weighted by Crippen LogP contribution is 2.40. The smallest absolute Gasteiger partial charge is 0.291 e. The Balaban J connectivity index is 1.76. The van der Waals surface area contributed by atoms with Gasteiger partial charge in [0.15, 0.2) is 5.43 Å². The number of nitro benzene ring substituents is 1. The Kier molecular flexibility index (Phi) is 4.37. The first kappa shape index (κ1) is 19.1. The van der Waals surface area contributed by atoms with Crippen molar-refractivity contribution < 1.29 is 18.6 Å². The molecular formula is C22H13ClN2O6. The van der Waals surface area contributed by atoms with Gasteiger partial charge in [-0.1, -0.05) is 23.7 Å². The number of carbonyl (C=O) groups excluding carboxylic acids is 1. The largest absolute Gasteiger partial charge is 0.467 e. The van der Waals surface area contributed by atoms with Gasteiger partial charge in [-0.15, -0.1) is 0 Å². The number of non-ortho nitro benzene ring substituents is 1. The molecule has 31 heavy (non-hydrogen) atoms. The summed E-state index contributed by atoms with van der Waals surface area (Å²) in [6, 6.07) is 12.9. The van der Waals surface area contributed by atoms with E-state index < -0.39 is 22.3 Å². The molecule has 2 aromatic heterocycles. The molecule has 0 radical (unpaired) electrons. The molecule has 1 amide bonds. The van der Waals surface area contributed by atoms with Crippen LogP contribution in [-0.4, -0.2) is 15.7 Å². The first-order valence-electron chi connectivity index (χ1n) is 9.28. The molecule has 8 nitrogen and oxygen atoms in total. The number of halogens is 1. The van der Waals surface area contributed by atoms with Gasteiger partial charge in [-0.3, -0.25) is 19.7 Å². The van der Waals surface area contributed by atoms with E-state index >= 15 is 0 Å². The van der Waals surface area contributed by atoms with Gasteiger partial charge in [-0.05, 0) is 35.9 Å². The van der Waals surface area contributed by atoms with Crippen molar-refractivity contribution >= 4 is 34.2 Å². The zero-order valence-electron chi connectivity index (χ0n) is 15.8. The van der Waals surface area contributed by atoms with Crippen molar-refractivity contribution in [1.82, 2.24) is 4.90 Å². The minimum Gasteiger partial charge on any atom is -0.467 e. The lowest BCUT2D eigenvalue weighted by Crippen LogP contribution is -2.29. The van der Waals surface area contributed by atoms with Crippen LogP contribution >= 0.6 is 11.6 Å². The summed E-state index contributed by atoms with van der Waals surface area (Å²) in [6.07, 6.45) is 1.48. The van der Waals surface area contributed by atoms with Crippen LogP contribution in [0.1, 0.15) is 33.5 Å². The van der Waals surface area contributed by atoms with Crippen LogP contribution in [0.25, 0.3) is 11.0 Å². The summed E-state index contributed by atoms with van der Waals surface area (Å²) >= 11 is 6.06. The molecule has 0 saturated heterocycles. The van der Waals surface area contributed by atoms with E-state index in [4.69, 9.17) is 20.4 Å². The normalized spacial score (nSPS) is 15.5. The Morgan fingerprint density at radius 2 is 1.94 bits per heavy atom. The SMILES string of the molecule is O=C1c2oc3ccc(Cl)cc3c(=O)c2[C@H](c2cccc([N+](=O)[O-])c2)N1Cc1ccco1. The number of nitro groups is 1. The predicted octanol–water partition coefficient (Wildman–Crippen LogP) is 4.69. The zero-order chi connectivity index (χ0) is 21.7. The number of hydrogen-bond donors (Lipinski definition) is 0. The molecule has 0 bridgehead atoms. The van der Waals surface area contributed by atoms with E-state index in [0.29, 0.717) is 16.3 Å². The Bertz CT molecular complexity index is 1410. The topological polar surface area (TPSA) is 107 Å². The van der Waals surface area contributed by atoms with Gasteiger partial charge < -0.3 is 13.7 Å². The van der Waals surface area contributed by atoms with E-state index in [1.54, 1.807) is 24.3 Å². The molecule has 154 valence electrons. The Morgan fingerprint density at radius 3 is 2.68 bits per heavy atom. The molecule has 0 fully saturated rings. The predicted molar refractivity (Wildman–Crippen MR) is 111 cm³/mol. The summed E-state index contributed by atoms with van der Waals surface area (Å²) in [6.45, 7) is 0.0555. The number of rotatable bonds is 4. The number of carbonyl (C=O) groups is 1. The van der Waals surface area contributed by atoms with Crippen LogP contribution in [0.4, 0.5) is 5.69 Å². The second kappa shape index (κ2) is 7.10. The minimum atomic E-state index is -0.882. The van der Waals surface area contributed by atoms with Gasteiger partial charge in [0.1, 0.15) is 11.3 Å². The molecule has 0 aliphatic carbocycles.